The van der Waals surface area contributed by atoms with Gasteiger partial charge in [0.25, 0.3) is 13.2 Å². The molecule has 0 spiro atoms. The Balaban J connectivity index is 0.000000368. The van der Waals surface area contributed by atoms with Gasteiger partial charge in [-0.2, -0.15) is 0 Å². The zero-order valence-electron chi connectivity index (χ0n) is 12.3. The van der Waals surface area contributed by atoms with E-state index in [-0.39, 0.29) is 11.2 Å². The Morgan fingerprint density at radius 1 is 1.29 bits per heavy atom. The van der Waals surface area contributed by atoms with Gasteiger partial charge in [0.05, 0.1) is 19.3 Å². The summed E-state index contributed by atoms with van der Waals surface area (Å²) in [7, 11) is -3.14. The topological polar surface area (TPSA) is 229 Å². The molecule has 0 amide bonds. The number of nitrogens with two attached hydrogens (primary N) is 3. The highest BCUT2D eigenvalue weighted by atomic mass is 31.2. The molecular formula is C10H18N7O6P. The standard InChI is InChI=1S/C10H12N4O5.H6N3OP/c15-1-4-6(16)7(17)10(19-4)14-3-13-5-8(14)11-2-12-9(5)18;1-5(2,3)4/h2-4,6-7,10,15-17H,1H2,(H,11,12,18);(H6,1,2,3,4)/t4-,6-,7-,10-;/m1./s1. The van der Waals surface area contributed by atoms with Gasteiger partial charge < -0.3 is 25.0 Å². The van der Waals surface area contributed by atoms with Crippen molar-refractivity contribution in [3.63, 3.8) is 0 Å². The van der Waals surface area contributed by atoms with Crippen LogP contribution in [0.15, 0.2) is 17.4 Å². The summed E-state index contributed by atoms with van der Waals surface area (Å²) in [6, 6.07) is 0. The number of nitrogens with zero attached hydrogens (tertiary/aromatic N) is 3. The van der Waals surface area contributed by atoms with Crippen LogP contribution in [0.5, 0.6) is 0 Å². The number of rotatable bonds is 2. The van der Waals surface area contributed by atoms with E-state index in [1.54, 1.807) is 0 Å². The summed E-state index contributed by atoms with van der Waals surface area (Å²) in [4.78, 5) is 21.8. The summed E-state index contributed by atoms with van der Waals surface area (Å²) in [5, 5.41) is 28.6. The fraction of sp³-hybridized carbons (Fsp3) is 0.500. The monoisotopic (exact) mass is 363 g/mol. The third-order valence-corrected chi connectivity index (χ3v) is 3.16. The second kappa shape index (κ2) is 7.04. The molecule has 1 saturated heterocycles. The Morgan fingerprint density at radius 2 is 1.92 bits per heavy atom. The van der Waals surface area contributed by atoms with Crippen molar-refractivity contribution in [3.05, 3.63) is 23.0 Å². The van der Waals surface area contributed by atoms with Crippen LogP contribution < -0.4 is 22.1 Å². The maximum Gasteiger partial charge on any atom is 0.278 e. The Morgan fingerprint density at radius 3 is 2.46 bits per heavy atom. The van der Waals surface area contributed by atoms with Crippen LogP contribution in [0, 0.1) is 0 Å². The van der Waals surface area contributed by atoms with Crippen molar-refractivity contribution in [2.75, 3.05) is 6.61 Å². The first kappa shape index (κ1) is 18.6. The minimum absolute atomic E-state index is 0.111. The molecule has 1 fully saturated rings. The van der Waals surface area contributed by atoms with Crippen molar-refractivity contribution in [3.8, 4) is 0 Å². The molecule has 4 atom stereocenters. The van der Waals surface area contributed by atoms with E-state index >= 15 is 0 Å². The molecule has 0 radical (unpaired) electrons. The van der Waals surface area contributed by atoms with Crippen LogP contribution in [0.2, 0.25) is 0 Å². The minimum atomic E-state index is -3.14. The van der Waals surface area contributed by atoms with E-state index in [1.165, 1.54) is 17.2 Å². The predicted octanol–water partition coefficient (Wildman–Crippen LogP) is -3.30. The van der Waals surface area contributed by atoms with E-state index in [4.69, 9.17) is 9.84 Å². The van der Waals surface area contributed by atoms with Crippen LogP contribution in [-0.4, -0.2) is 59.8 Å². The molecule has 134 valence electrons. The molecule has 3 rings (SSSR count). The maximum absolute atomic E-state index is 11.5. The van der Waals surface area contributed by atoms with Crippen molar-refractivity contribution >= 4 is 18.8 Å². The first-order valence-corrected chi connectivity index (χ1v) is 8.53. The smallest absolute Gasteiger partial charge is 0.278 e. The largest absolute Gasteiger partial charge is 0.394 e. The van der Waals surface area contributed by atoms with E-state index in [9.17, 15) is 19.6 Å². The Kier molecular flexibility index (Phi) is 5.47. The summed E-state index contributed by atoms with van der Waals surface area (Å²) in [5.74, 6) is 0. The van der Waals surface area contributed by atoms with Crippen LogP contribution in [0.4, 0.5) is 0 Å². The van der Waals surface area contributed by atoms with Gasteiger partial charge in [-0.25, -0.2) is 9.97 Å². The van der Waals surface area contributed by atoms with Gasteiger partial charge in [0.2, 0.25) is 0 Å². The molecule has 13 nitrogen and oxygen atoms in total. The first-order valence-electron chi connectivity index (χ1n) is 6.62. The lowest BCUT2D eigenvalue weighted by atomic mass is 10.1. The number of hydrogen-bond donors (Lipinski definition) is 7. The minimum Gasteiger partial charge on any atom is -0.394 e. The summed E-state index contributed by atoms with van der Waals surface area (Å²) in [6.07, 6.45) is -1.78. The summed E-state index contributed by atoms with van der Waals surface area (Å²) >= 11 is 0. The Labute approximate surface area is 134 Å². The normalized spacial score (nSPS) is 27.1. The fourth-order valence-corrected chi connectivity index (χ4v) is 2.16. The third kappa shape index (κ3) is 4.03. The number of aliphatic hydroxyl groups excluding tert-OH is 3. The second-order valence-corrected chi connectivity index (χ2v) is 6.57. The van der Waals surface area contributed by atoms with Gasteiger partial charge in [-0.3, -0.25) is 30.4 Å². The molecule has 0 aliphatic carbocycles. The summed E-state index contributed by atoms with van der Waals surface area (Å²) in [6.45, 7) is -0.421. The van der Waals surface area contributed by atoms with Crippen LogP contribution in [-0.2, 0) is 9.30 Å². The van der Waals surface area contributed by atoms with Gasteiger partial charge in [-0.15, -0.1) is 0 Å². The van der Waals surface area contributed by atoms with Crippen molar-refractivity contribution in [1.29, 1.82) is 0 Å². The van der Waals surface area contributed by atoms with Crippen LogP contribution in [0.25, 0.3) is 11.2 Å². The highest BCUT2D eigenvalue weighted by Gasteiger charge is 2.43. The van der Waals surface area contributed by atoms with Gasteiger partial charge >= 0.3 is 0 Å². The second-order valence-electron chi connectivity index (χ2n) is 5.05. The average molecular weight is 363 g/mol. The molecule has 2 aromatic rings. The molecule has 2 aromatic heterocycles. The highest BCUT2D eigenvalue weighted by Crippen LogP contribution is 2.30. The number of nitrogens with one attached hydrogen (secondary N) is 1. The fourth-order valence-electron chi connectivity index (χ4n) is 2.16. The predicted molar refractivity (Wildman–Crippen MR) is 81.3 cm³/mol. The number of hydrogen-bond acceptors (Lipinski definition) is 8. The van der Waals surface area contributed by atoms with Crippen LogP contribution in [0.3, 0.4) is 0 Å². The lowest BCUT2D eigenvalue weighted by Gasteiger charge is -2.16. The van der Waals surface area contributed by atoms with Crippen LogP contribution in [0.1, 0.15) is 6.23 Å². The van der Waals surface area contributed by atoms with Crippen molar-refractivity contribution in [2.24, 2.45) is 16.5 Å². The molecule has 0 aromatic carbocycles. The number of H-pyrrole nitrogens is 1. The van der Waals surface area contributed by atoms with Gasteiger partial charge in [-0.1, -0.05) is 0 Å². The molecule has 10 N–H and O–H groups in total. The van der Waals surface area contributed by atoms with Crippen molar-refractivity contribution in [1.82, 2.24) is 19.5 Å². The van der Waals surface area contributed by atoms with Gasteiger partial charge in [0.15, 0.2) is 17.4 Å². The maximum atomic E-state index is 11.5. The van der Waals surface area contributed by atoms with Crippen LogP contribution >= 0.6 is 7.59 Å². The zero-order chi connectivity index (χ0) is 18.1. The number of fused-ring (bicyclic) bond motifs is 1. The van der Waals surface area contributed by atoms with Crippen molar-refractivity contribution < 1.29 is 24.6 Å². The average Bonchev–Trinajstić information content (AvgIpc) is 3.01. The van der Waals surface area contributed by atoms with E-state index in [0.717, 1.165) is 0 Å². The van der Waals surface area contributed by atoms with E-state index in [0.29, 0.717) is 0 Å². The molecule has 14 heteroatoms. The number of imidazole rings is 1. The lowest BCUT2D eigenvalue weighted by molar-refractivity contribution is -0.0511. The SMILES string of the molecule is NP(N)(N)=O.O=c1[nH]cnc2c1ncn2[C@@H]1O[C@H](CO)[C@@H](O)[C@H]1O. The Bertz CT molecular complexity index is 794. The van der Waals surface area contributed by atoms with E-state index in [2.05, 4.69) is 31.5 Å². The number of aromatic amines is 1. The molecular weight excluding hydrogens is 345 g/mol. The number of aromatic nitrogens is 4. The van der Waals surface area contributed by atoms with Gasteiger partial charge in [-0.05, 0) is 0 Å². The van der Waals surface area contributed by atoms with E-state index in [1.807, 2.05) is 0 Å². The third-order valence-electron chi connectivity index (χ3n) is 3.16. The molecule has 0 bridgehead atoms. The highest BCUT2D eigenvalue weighted by molar-refractivity contribution is 7.56. The first-order chi connectivity index (χ1) is 11.1. The molecule has 3 heterocycles. The van der Waals surface area contributed by atoms with Crippen molar-refractivity contribution in [2.45, 2.75) is 24.5 Å². The zero-order valence-corrected chi connectivity index (χ0v) is 13.2. The van der Waals surface area contributed by atoms with Gasteiger partial charge in [0, 0.05) is 0 Å². The summed E-state index contributed by atoms with van der Waals surface area (Å²) in [5.41, 5.74) is 13.3. The number of aliphatic hydroxyl groups is 3. The Hall–Kier alpha value is -1.70. The number of ether oxygens (including phenoxy) is 1. The molecule has 1 aliphatic rings. The van der Waals surface area contributed by atoms with Gasteiger partial charge in [0.1, 0.15) is 18.3 Å². The lowest BCUT2D eigenvalue weighted by Crippen LogP contribution is -2.33. The summed E-state index contributed by atoms with van der Waals surface area (Å²) < 4.78 is 16.3. The molecule has 0 saturated carbocycles. The molecule has 24 heavy (non-hydrogen) atoms. The molecule has 1 aliphatic heterocycles. The molecule has 0 unspecified atom stereocenters. The van der Waals surface area contributed by atoms with E-state index < -0.39 is 44.3 Å². The quantitative estimate of drug-likeness (QED) is 0.261.